The minimum atomic E-state index is -0.896. The van der Waals surface area contributed by atoms with E-state index in [2.05, 4.69) is 5.32 Å². The Morgan fingerprint density at radius 2 is 1.96 bits per heavy atom. The number of hydrogen-bond donors (Lipinski definition) is 1. The van der Waals surface area contributed by atoms with Crippen molar-refractivity contribution in [2.24, 2.45) is 5.92 Å². The van der Waals surface area contributed by atoms with E-state index < -0.39 is 11.6 Å². The molecular weight excluding hydrogens is 358 g/mol. The third-order valence-electron chi connectivity index (χ3n) is 5.53. The number of carbonyl (C=O) groups is 3. The number of nitrogens with one attached hydrogen (secondary N) is 1. The zero-order chi connectivity index (χ0) is 19.9. The summed E-state index contributed by atoms with van der Waals surface area (Å²) < 4.78 is 5.39. The van der Waals surface area contributed by atoms with Gasteiger partial charge in [0, 0.05) is 5.69 Å². The molecule has 1 N–H and O–H groups in total. The molecule has 1 unspecified atom stereocenters. The smallest absolute Gasteiger partial charge is 0.325 e. The van der Waals surface area contributed by atoms with E-state index in [0.717, 1.165) is 23.3 Å². The molecule has 1 aliphatic heterocycles. The summed E-state index contributed by atoms with van der Waals surface area (Å²) in [6.45, 7) is 3.63. The van der Waals surface area contributed by atoms with Crippen LogP contribution < -0.4 is 10.2 Å². The summed E-state index contributed by atoms with van der Waals surface area (Å²) in [5, 5.41) is 2.78. The van der Waals surface area contributed by atoms with Crippen LogP contribution in [0.15, 0.2) is 47.1 Å². The van der Waals surface area contributed by atoms with E-state index in [1.165, 1.54) is 4.90 Å². The number of furan rings is 1. The van der Waals surface area contributed by atoms with E-state index in [9.17, 15) is 14.4 Å². The third kappa shape index (κ3) is 3.28. The van der Waals surface area contributed by atoms with Crippen molar-refractivity contribution in [3.8, 4) is 0 Å². The second-order valence-electron chi connectivity index (χ2n) is 7.69. The number of aryl methyl sites for hydroxylation is 1. The Hall–Kier alpha value is -3.09. The predicted molar refractivity (Wildman–Crippen MR) is 102 cm³/mol. The second kappa shape index (κ2) is 6.82. The van der Waals surface area contributed by atoms with Gasteiger partial charge in [0.15, 0.2) is 0 Å². The summed E-state index contributed by atoms with van der Waals surface area (Å²) in [4.78, 5) is 40.9. The van der Waals surface area contributed by atoms with E-state index in [1.54, 1.807) is 25.3 Å². The first kappa shape index (κ1) is 18.3. The van der Waals surface area contributed by atoms with Crippen LogP contribution in [-0.2, 0) is 16.1 Å². The van der Waals surface area contributed by atoms with Crippen molar-refractivity contribution in [1.29, 1.82) is 0 Å². The van der Waals surface area contributed by atoms with Gasteiger partial charge in [0.05, 0.1) is 12.8 Å². The minimum absolute atomic E-state index is 0.153. The Kier molecular flexibility index (Phi) is 4.45. The van der Waals surface area contributed by atoms with Gasteiger partial charge in [0.25, 0.3) is 5.91 Å². The van der Waals surface area contributed by atoms with Crippen molar-refractivity contribution in [3.05, 3.63) is 54.0 Å². The number of hydrogen-bond acceptors (Lipinski definition) is 4. The largest absolute Gasteiger partial charge is 0.467 e. The highest BCUT2D eigenvalue weighted by molar-refractivity contribution is 6.10. The Bertz CT molecular complexity index is 902. The highest BCUT2D eigenvalue weighted by Gasteiger charge is 2.56. The molecule has 0 radical (unpaired) electrons. The van der Waals surface area contributed by atoms with E-state index in [-0.39, 0.29) is 30.8 Å². The van der Waals surface area contributed by atoms with Gasteiger partial charge in [0.2, 0.25) is 5.91 Å². The molecule has 1 aromatic heterocycles. The maximum Gasteiger partial charge on any atom is 0.325 e. The fraction of sp³-hybridized carbons (Fsp3) is 0.381. The monoisotopic (exact) mass is 381 g/mol. The maximum absolute atomic E-state index is 13.1. The zero-order valence-corrected chi connectivity index (χ0v) is 16.0. The standard InChI is InChI=1S/C21H23N3O4/c1-14-5-9-16(10-6-14)23(12-17-4-3-11-28-17)18(25)13-24-19(26)21(2,15-7-8-15)22-20(24)27/h3-6,9-11,15H,7-8,12-13H2,1-2H3,(H,22,27). The van der Waals surface area contributed by atoms with Gasteiger partial charge >= 0.3 is 6.03 Å². The molecule has 7 heteroatoms. The lowest BCUT2D eigenvalue weighted by molar-refractivity contribution is -0.134. The second-order valence-corrected chi connectivity index (χ2v) is 7.69. The molecule has 28 heavy (non-hydrogen) atoms. The Labute approximate surface area is 163 Å². The Morgan fingerprint density at radius 3 is 2.57 bits per heavy atom. The summed E-state index contributed by atoms with van der Waals surface area (Å²) in [5.41, 5.74) is 0.861. The van der Waals surface area contributed by atoms with Crippen LogP contribution in [0.25, 0.3) is 0 Å². The molecule has 2 fully saturated rings. The van der Waals surface area contributed by atoms with E-state index in [1.807, 2.05) is 31.2 Å². The quantitative estimate of drug-likeness (QED) is 0.780. The Balaban J connectivity index is 1.56. The van der Waals surface area contributed by atoms with Crippen molar-refractivity contribution in [2.75, 3.05) is 11.4 Å². The number of nitrogens with zero attached hydrogens (tertiary/aromatic N) is 2. The summed E-state index contributed by atoms with van der Waals surface area (Å²) >= 11 is 0. The SMILES string of the molecule is Cc1ccc(N(Cc2ccco2)C(=O)CN2C(=O)NC(C)(C3CC3)C2=O)cc1. The summed E-state index contributed by atoms with van der Waals surface area (Å²) in [5.74, 6) is 0.105. The van der Waals surface area contributed by atoms with Gasteiger partial charge in [-0.25, -0.2) is 4.79 Å². The fourth-order valence-corrected chi connectivity index (χ4v) is 3.62. The third-order valence-corrected chi connectivity index (χ3v) is 5.53. The number of anilines is 1. The molecule has 7 nitrogen and oxygen atoms in total. The average Bonchev–Trinajstić information content (AvgIpc) is 3.37. The van der Waals surface area contributed by atoms with Crippen molar-refractivity contribution < 1.29 is 18.8 Å². The molecule has 4 amide bonds. The Morgan fingerprint density at radius 1 is 1.25 bits per heavy atom. The van der Waals surface area contributed by atoms with Crippen LogP contribution in [0.5, 0.6) is 0 Å². The van der Waals surface area contributed by atoms with Crippen LogP contribution in [0.1, 0.15) is 31.1 Å². The molecule has 1 atom stereocenters. The molecular formula is C21H23N3O4. The average molecular weight is 381 g/mol. The van der Waals surface area contributed by atoms with Crippen LogP contribution in [0, 0.1) is 12.8 Å². The normalized spacial score (nSPS) is 21.7. The van der Waals surface area contributed by atoms with Crippen LogP contribution in [-0.4, -0.2) is 34.8 Å². The van der Waals surface area contributed by atoms with Crippen molar-refractivity contribution in [3.63, 3.8) is 0 Å². The number of imide groups is 1. The van der Waals surface area contributed by atoms with Gasteiger partial charge in [-0.05, 0) is 56.9 Å². The number of benzene rings is 1. The highest BCUT2D eigenvalue weighted by Crippen LogP contribution is 2.42. The first-order valence-electron chi connectivity index (χ1n) is 9.42. The molecule has 0 bridgehead atoms. The number of carbonyl (C=O) groups excluding carboxylic acids is 3. The van der Waals surface area contributed by atoms with E-state index in [4.69, 9.17) is 4.42 Å². The van der Waals surface area contributed by atoms with Gasteiger partial charge in [-0.3, -0.25) is 14.5 Å². The molecule has 1 saturated heterocycles. The number of urea groups is 1. The summed E-state index contributed by atoms with van der Waals surface area (Å²) in [6, 6.07) is 10.5. The van der Waals surface area contributed by atoms with E-state index >= 15 is 0 Å². The summed E-state index contributed by atoms with van der Waals surface area (Å²) in [6.07, 6.45) is 3.38. The molecule has 2 aliphatic rings. The van der Waals surface area contributed by atoms with Crippen molar-refractivity contribution in [1.82, 2.24) is 10.2 Å². The van der Waals surface area contributed by atoms with Crippen LogP contribution >= 0.6 is 0 Å². The maximum atomic E-state index is 13.1. The molecule has 4 rings (SSSR count). The molecule has 2 aromatic rings. The zero-order valence-electron chi connectivity index (χ0n) is 16.0. The van der Waals surface area contributed by atoms with Gasteiger partial charge in [0.1, 0.15) is 17.8 Å². The molecule has 146 valence electrons. The van der Waals surface area contributed by atoms with Gasteiger partial charge in [-0.2, -0.15) is 0 Å². The number of amides is 4. The number of rotatable bonds is 6. The topological polar surface area (TPSA) is 82.9 Å². The molecule has 1 saturated carbocycles. The minimum Gasteiger partial charge on any atom is -0.467 e. The van der Waals surface area contributed by atoms with Crippen LogP contribution in [0.3, 0.4) is 0 Å². The van der Waals surface area contributed by atoms with Gasteiger partial charge < -0.3 is 14.6 Å². The summed E-state index contributed by atoms with van der Waals surface area (Å²) in [7, 11) is 0. The van der Waals surface area contributed by atoms with Gasteiger partial charge in [-0.15, -0.1) is 0 Å². The lowest BCUT2D eigenvalue weighted by Crippen LogP contribution is -2.47. The molecule has 2 heterocycles. The lowest BCUT2D eigenvalue weighted by Gasteiger charge is -2.25. The van der Waals surface area contributed by atoms with Gasteiger partial charge in [-0.1, -0.05) is 17.7 Å². The lowest BCUT2D eigenvalue weighted by atomic mass is 9.96. The predicted octanol–water partition coefficient (Wildman–Crippen LogP) is 2.84. The first-order chi connectivity index (χ1) is 13.4. The first-order valence-corrected chi connectivity index (χ1v) is 9.42. The van der Waals surface area contributed by atoms with Crippen LogP contribution in [0.4, 0.5) is 10.5 Å². The van der Waals surface area contributed by atoms with Crippen molar-refractivity contribution in [2.45, 2.75) is 38.8 Å². The van der Waals surface area contributed by atoms with Crippen LogP contribution in [0.2, 0.25) is 0 Å². The highest BCUT2D eigenvalue weighted by atomic mass is 16.3. The molecule has 1 aliphatic carbocycles. The molecule has 1 aromatic carbocycles. The van der Waals surface area contributed by atoms with Crippen molar-refractivity contribution >= 4 is 23.5 Å². The fourth-order valence-electron chi connectivity index (χ4n) is 3.62. The molecule has 0 spiro atoms. The van der Waals surface area contributed by atoms with E-state index in [0.29, 0.717) is 11.4 Å².